The van der Waals surface area contributed by atoms with Crippen molar-refractivity contribution in [2.24, 2.45) is 0 Å². The number of nitrogens with one attached hydrogen (secondary N) is 3. The molecule has 3 heterocycles. The van der Waals surface area contributed by atoms with E-state index in [0.717, 1.165) is 11.0 Å². The number of rotatable bonds is 3. The molecule has 3 N–H and O–H groups in total. The van der Waals surface area contributed by atoms with Crippen molar-refractivity contribution in [3.63, 3.8) is 0 Å². The first-order valence-electron chi connectivity index (χ1n) is 8.19. The van der Waals surface area contributed by atoms with Gasteiger partial charge < -0.3 is 15.3 Å². The quantitative estimate of drug-likeness (QED) is 0.518. The molecule has 0 spiro atoms. The molecule has 0 aliphatic rings. The van der Waals surface area contributed by atoms with Crippen molar-refractivity contribution in [2.75, 3.05) is 0 Å². The number of amides is 1. The lowest BCUT2D eigenvalue weighted by atomic mass is 10.2. The van der Waals surface area contributed by atoms with Crippen LogP contribution >= 0.6 is 11.3 Å². The highest BCUT2D eigenvalue weighted by atomic mass is 32.1. The first-order valence-corrected chi connectivity index (χ1v) is 9.01. The van der Waals surface area contributed by atoms with Crippen LogP contribution in [0.2, 0.25) is 0 Å². The van der Waals surface area contributed by atoms with E-state index in [1.54, 1.807) is 13.8 Å². The second-order valence-electron chi connectivity index (χ2n) is 6.22. The van der Waals surface area contributed by atoms with E-state index in [2.05, 4.69) is 25.3 Å². The predicted molar refractivity (Wildman–Crippen MR) is 102 cm³/mol. The molecule has 3 aromatic heterocycles. The number of hydrogen-bond acceptors (Lipinski definition) is 5. The van der Waals surface area contributed by atoms with Crippen LogP contribution in [0.15, 0.2) is 29.1 Å². The summed E-state index contributed by atoms with van der Waals surface area (Å²) in [6, 6.07) is 7.41. The minimum Gasteiger partial charge on any atom is -0.342 e. The second kappa shape index (κ2) is 6.06. The van der Waals surface area contributed by atoms with Gasteiger partial charge in [0.05, 0.1) is 27.3 Å². The van der Waals surface area contributed by atoms with E-state index in [4.69, 9.17) is 0 Å². The number of para-hydroxylation sites is 2. The Morgan fingerprint density at radius 1 is 1.19 bits per heavy atom. The molecular weight excluding hydrogens is 350 g/mol. The van der Waals surface area contributed by atoms with Crippen molar-refractivity contribution >= 4 is 38.5 Å². The number of carbonyl (C=O) groups is 1. The van der Waals surface area contributed by atoms with Gasteiger partial charge in [0, 0.05) is 0 Å². The number of thiophene rings is 1. The summed E-state index contributed by atoms with van der Waals surface area (Å²) in [4.78, 5) is 40.7. The number of aryl methyl sites for hydroxylation is 2. The standard InChI is InChI=1S/C18H17N5O2S/c1-8-13-16(24)20-10(3)21-18(13)26-14(8)17(25)19-9(2)15-22-11-6-4-5-7-12(11)23-15/h4-7,9H,1-3H3,(H,19,25)(H,22,23)(H,20,21,24)/t9-/m0/s1. The SMILES string of the molecule is Cc1nc2sc(C(=O)N[C@@H](C)c3nc4ccccc4[nH]3)c(C)c2c(=O)[nH]1. The van der Waals surface area contributed by atoms with Crippen LogP contribution in [0.3, 0.4) is 0 Å². The fourth-order valence-corrected chi connectivity index (χ4v) is 4.11. The zero-order chi connectivity index (χ0) is 18.4. The molecule has 0 bridgehead atoms. The Hall–Kier alpha value is -3.00. The molecule has 0 saturated heterocycles. The molecule has 1 aromatic carbocycles. The Balaban J connectivity index is 1.65. The van der Waals surface area contributed by atoms with Crippen LogP contribution in [0.25, 0.3) is 21.3 Å². The summed E-state index contributed by atoms with van der Waals surface area (Å²) in [6.07, 6.45) is 0. The van der Waals surface area contributed by atoms with Gasteiger partial charge in [0.25, 0.3) is 11.5 Å². The number of aromatic nitrogens is 4. The molecule has 1 atom stereocenters. The minimum atomic E-state index is -0.299. The van der Waals surface area contributed by atoms with E-state index in [-0.39, 0.29) is 17.5 Å². The van der Waals surface area contributed by atoms with Gasteiger partial charge in [-0.15, -0.1) is 11.3 Å². The minimum absolute atomic E-state index is 0.217. The third-order valence-corrected chi connectivity index (χ3v) is 5.48. The third-order valence-electron chi connectivity index (χ3n) is 4.29. The van der Waals surface area contributed by atoms with E-state index >= 15 is 0 Å². The fraction of sp³-hybridized carbons (Fsp3) is 0.222. The molecular formula is C18H17N5O2S. The number of aromatic amines is 2. The summed E-state index contributed by atoms with van der Waals surface area (Å²) in [6.45, 7) is 5.36. The van der Waals surface area contributed by atoms with Gasteiger partial charge in [-0.25, -0.2) is 9.97 Å². The summed E-state index contributed by atoms with van der Waals surface area (Å²) in [5.41, 5.74) is 2.21. The van der Waals surface area contributed by atoms with Crippen LogP contribution < -0.4 is 10.9 Å². The van der Waals surface area contributed by atoms with E-state index in [1.807, 2.05) is 31.2 Å². The van der Waals surface area contributed by atoms with Crippen LogP contribution in [-0.2, 0) is 0 Å². The molecule has 8 heteroatoms. The predicted octanol–water partition coefficient (Wildman–Crippen LogP) is 2.97. The van der Waals surface area contributed by atoms with Crippen molar-refractivity contribution in [2.45, 2.75) is 26.8 Å². The van der Waals surface area contributed by atoms with Crippen LogP contribution in [0.5, 0.6) is 0 Å². The lowest BCUT2D eigenvalue weighted by molar-refractivity contribution is 0.0942. The molecule has 0 saturated carbocycles. The third kappa shape index (κ3) is 2.68. The van der Waals surface area contributed by atoms with Gasteiger partial charge in [0.2, 0.25) is 0 Å². The zero-order valence-corrected chi connectivity index (χ0v) is 15.3. The van der Waals surface area contributed by atoms with Crippen molar-refractivity contribution < 1.29 is 4.79 Å². The second-order valence-corrected chi connectivity index (χ2v) is 7.22. The van der Waals surface area contributed by atoms with Crippen LogP contribution in [0, 0.1) is 13.8 Å². The molecule has 0 radical (unpaired) electrons. The topological polar surface area (TPSA) is 104 Å². The maximum atomic E-state index is 12.7. The van der Waals surface area contributed by atoms with Crippen molar-refractivity contribution in [3.05, 3.63) is 56.7 Å². The van der Waals surface area contributed by atoms with Gasteiger partial charge in [0.1, 0.15) is 16.5 Å². The highest BCUT2D eigenvalue weighted by Gasteiger charge is 2.21. The summed E-state index contributed by atoms with van der Waals surface area (Å²) in [7, 11) is 0. The molecule has 0 aliphatic heterocycles. The van der Waals surface area contributed by atoms with Gasteiger partial charge >= 0.3 is 0 Å². The lowest BCUT2D eigenvalue weighted by Gasteiger charge is -2.10. The normalized spacial score (nSPS) is 12.6. The number of benzene rings is 1. The molecule has 26 heavy (non-hydrogen) atoms. The summed E-state index contributed by atoms with van der Waals surface area (Å²) < 4.78 is 0. The maximum absolute atomic E-state index is 12.7. The smallest absolute Gasteiger partial charge is 0.262 e. The van der Waals surface area contributed by atoms with Gasteiger partial charge in [-0.2, -0.15) is 0 Å². The molecule has 0 aliphatic carbocycles. The van der Waals surface area contributed by atoms with Gasteiger partial charge in [0.15, 0.2) is 0 Å². The Morgan fingerprint density at radius 3 is 2.73 bits per heavy atom. The number of hydrogen-bond donors (Lipinski definition) is 3. The van der Waals surface area contributed by atoms with E-state index in [1.165, 1.54) is 11.3 Å². The van der Waals surface area contributed by atoms with Crippen molar-refractivity contribution in [3.8, 4) is 0 Å². The average molecular weight is 367 g/mol. The van der Waals surface area contributed by atoms with Gasteiger partial charge in [-0.05, 0) is 38.5 Å². The van der Waals surface area contributed by atoms with Crippen LogP contribution in [0.4, 0.5) is 0 Å². The molecule has 0 unspecified atom stereocenters. The number of nitrogens with zero attached hydrogens (tertiary/aromatic N) is 2. The number of H-pyrrole nitrogens is 2. The first kappa shape index (κ1) is 16.5. The highest BCUT2D eigenvalue weighted by molar-refractivity contribution is 7.20. The summed E-state index contributed by atoms with van der Waals surface area (Å²) in [5.74, 6) is 0.979. The molecule has 0 fully saturated rings. The van der Waals surface area contributed by atoms with E-state index in [0.29, 0.717) is 32.3 Å². The monoisotopic (exact) mass is 367 g/mol. The molecule has 4 rings (SSSR count). The Bertz CT molecular complexity index is 1170. The fourth-order valence-electron chi connectivity index (χ4n) is 2.98. The van der Waals surface area contributed by atoms with Gasteiger partial charge in [-0.3, -0.25) is 9.59 Å². The summed E-state index contributed by atoms with van der Waals surface area (Å²) >= 11 is 1.23. The average Bonchev–Trinajstić information content (AvgIpc) is 3.16. The Labute approximate surface area is 152 Å². The number of imidazole rings is 1. The summed E-state index contributed by atoms with van der Waals surface area (Å²) in [5, 5.41) is 3.42. The maximum Gasteiger partial charge on any atom is 0.262 e. The van der Waals surface area contributed by atoms with Crippen molar-refractivity contribution in [1.29, 1.82) is 0 Å². The van der Waals surface area contributed by atoms with E-state index in [9.17, 15) is 9.59 Å². The molecule has 4 aromatic rings. The zero-order valence-electron chi connectivity index (χ0n) is 14.5. The van der Waals surface area contributed by atoms with Gasteiger partial charge in [-0.1, -0.05) is 12.1 Å². The highest BCUT2D eigenvalue weighted by Crippen LogP contribution is 2.27. The Morgan fingerprint density at radius 2 is 1.96 bits per heavy atom. The molecule has 1 amide bonds. The molecule has 7 nitrogen and oxygen atoms in total. The van der Waals surface area contributed by atoms with Crippen LogP contribution in [0.1, 0.15) is 39.8 Å². The Kier molecular flexibility index (Phi) is 3.84. The van der Waals surface area contributed by atoms with E-state index < -0.39 is 0 Å². The number of carbonyl (C=O) groups excluding carboxylic acids is 1. The van der Waals surface area contributed by atoms with Crippen LogP contribution in [-0.4, -0.2) is 25.8 Å². The number of fused-ring (bicyclic) bond motifs is 2. The van der Waals surface area contributed by atoms with Crippen molar-refractivity contribution in [1.82, 2.24) is 25.3 Å². The molecule has 132 valence electrons. The first-order chi connectivity index (χ1) is 12.4. The lowest BCUT2D eigenvalue weighted by Crippen LogP contribution is -2.27. The largest absolute Gasteiger partial charge is 0.342 e.